The van der Waals surface area contributed by atoms with Gasteiger partial charge >= 0.3 is 0 Å². The van der Waals surface area contributed by atoms with Crippen molar-refractivity contribution in [2.24, 2.45) is 5.92 Å². The van der Waals surface area contributed by atoms with Gasteiger partial charge in [-0.15, -0.1) is 12.4 Å². The van der Waals surface area contributed by atoms with Crippen LogP contribution >= 0.6 is 28.3 Å². The predicted octanol–water partition coefficient (Wildman–Crippen LogP) is 3.57. The molecule has 0 spiro atoms. The molecule has 5 nitrogen and oxygen atoms in total. The molecule has 1 amide bonds. The van der Waals surface area contributed by atoms with Gasteiger partial charge in [-0.25, -0.2) is 4.98 Å². The fourth-order valence-corrected chi connectivity index (χ4v) is 3.44. The molecule has 1 aliphatic rings. The average Bonchev–Trinajstić information content (AvgIpc) is 2.83. The number of aromatic nitrogens is 2. The molecule has 2 heterocycles. The highest BCUT2D eigenvalue weighted by Gasteiger charge is 2.26. The summed E-state index contributed by atoms with van der Waals surface area (Å²) in [7, 11) is 0. The number of halogens is 2. The first kappa shape index (κ1) is 18.2. The van der Waals surface area contributed by atoms with Crippen molar-refractivity contribution in [2.45, 2.75) is 39.3 Å². The number of fused-ring (bicyclic) bond motifs is 1. The fraction of sp³-hybridized carbons (Fsp3) is 0.500. The standard InChI is InChI=1S/C16H21BrN4O.ClH/c1-3-21-14-9-12(17)4-5-13(14)19-16(21)20-15(22)11-6-7-18-10(2)8-11;/h4-5,9-11,18H,3,6-8H2,1-2H3,(H,19,20,22);1H/t10-,11-;/m0./s1. The number of aryl methyl sites for hydroxylation is 1. The number of amides is 1. The van der Waals surface area contributed by atoms with E-state index in [0.717, 1.165) is 41.4 Å². The average molecular weight is 402 g/mol. The molecule has 0 unspecified atom stereocenters. The van der Waals surface area contributed by atoms with Crippen LogP contribution < -0.4 is 10.6 Å². The Morgan fingerprint density at radius 3 is 3.00 bits per heavy atom. The van der Waals surface area contributed by atoms with Crippen molar-refractivity contribution in [3.8, 4) is 0 Å². The number of imidazole rings is 1. The number of carbonyl (C=O) groups is 1. The molecule has 23 heavy (non-hydrogen) atoms. The van der Waals surface area contributed by atoms with Crippen LogP contribution in [0, 0.1) is 5.92 Å². The van der Waals surface area contributed by atoms with Crippen LogP contribution in [0.5, 0.6) is 0 Å². The zero-order chi connectivity index (χ0) is 15.7. The molecule has 7 heteroatoms. The number of rotatable bonds is 3. The monoisotopic (exact) mass is 400 g/mol. The van der Waals surface area contributed by atoms with E-state index in [0.29, 0.717) is 12.0 Å². The summed E-state index contributed by atoms with van der Waals surface area (Å²) in [5.74, 6) is 0.789. The fourth-order valence-electron chi connectivity index (χ4n) is 3.09. The van der Waals surface area contributed by atoms with Crippen molar-refractivity contribution in [3.63, 3.8) is 0 Å². The van der Waals surface area contributed by atoms with Crippen LogP contribution in [0.4, 0.5) is 5.95 Å². The molecule has 2 N–H and O–H groups in total. The molecule has 1 aliphatic heterocycles. The molecule has 1 aromatic carbocycles. The number of piperidine rings is 1. The third kappa shape index (κ3) is 3.87. The van der Waals surface area contributed by atoms with Crippen molar-refractivity contribution < 1.29 is 4.79 Å². The van der Waals surface area contributed by atoms with Crippen LogP contribution in [0.25, 0.3) is 11.0 Å². The van der Waals surface area contributed by atoms with Gasteiger partial charge in [-0.2, -0.15) is 0 Å². The third-order valence-corrected chi connectivity index (χ3v) is 4.75. The minimum absolute atomic E-state index is 0. The summed E-state index contributed by atoms with van der Waals surface area (Å²) in [5.41, 5.74) is 1.94. The Hall–Kier alpha value is -1.11. The number of benzene rings is 1. The number of nitrogens with one attached hydrogen (secondary N) is 2. The van der Waals surface area contributed by atoms with Crippen LogP contribution in [0.3, 0.4) is 0 Å². The Morgan fingerprint density at radius 1 is 1.52 bits per heavy atom. The molecule has 126 valence electrons. The minimum Gasteiger partial charge on any atom is -0.314 e. The summed E-state index contributed by atoms with van der Waals surface area (Å²) in [6.07, 6.45) is 1.76. The lowest BCUT2D eigenvalue weighted by atomic mass is 9.92. The highest BCUT2D eigenvalue weighted by atomic mass is 79.9. The van der Waals surface area contributed by atoms with Gasteiger partial charge in [0.15, 0.2) is 0 Å². The molecule has 0 aliphatic carbocycles. The second-order valence-corrected chi connectivity index (χ2v) is 6.79. The smallest absolute Gasteiger partial charge is 0.229 e. The maximum atomic E-state index is 12.5. The summed E-state index contributed by atoms with van der Waals surface area (Å²) in [5, 5.41) is 6.41. The van der Waals surface area contributed by atoms with Gasteiger partial charge in [0.1, 0.15) is 0 Å². The van der Waals surface area contributed by atoms with Crippen LogP contribution in [0.15, 0.2) is 22.7 Å². The van der Waals surface area contributed by atoms with Crippen LogP contribution in [0.1, 0.15) is 26.7 Å². The SMILES string of the molecule is CCn1c(NC(=O)[C@H]2CCN[C@@H](C)C2)nc2ccc(Br)cc21.Cl. The normalized spacial score (nSPS) is 21.0. The molecule has 1 aromatic heterocycles. The zero-order valence-electron chi connectivity index (χ0n) is 13.3. The van der Waals surface area contributed by atoms with E-state index in [2.05, 4.69) is 45.4 Å². The first-order valence-corrected chi connectivity index (χ1v) is 8.57. The van der Waals surface area contributed by atoms with E-state index in [1.165, 1.54) is 0 Å². The number of hydrogen-bond acceptors (Lipinski definition) is 3. The summed E-state index contributed by atoms with van der Waals surface area (Å²) >= 11 is 3.49. The number of anilines is 1. The lowest BCUT2D eigenvalue weighted by Gasteiger charge is -2.26. The Morgan fingerprint density at radius 2 is 2.30 bits per heavy atom. The first-order chi connectivity index (χ1) is 10.6. The van der Waals surface area contributed by atoms with Gasteiger partial charge in [-0.05, 0) is 51.4 Å². The van der Waals surface area contributed by atoms with Crippen LogP contribution in [-0.2, 0) is 11.3 Å². The van der Waals surface area contributed by atoms with E-state index in [4.69, 9.17) is 0 Å². The third-order valence-electron chi connectivity index (χ3n) is 4.26. The van der Waals surface area contributed by atoms with Crippen molar-refractivity contribution in [2.75, 3.05) is 11.9 Å². The predicted molar refractivity (Wildman–Crippen MR) is 99.2 cm³/mol. The first-order valence-electron chi connectivity index (χ1n) is 7.78. The maximum absolute atomic E-state index is 12.5. The van der Waals surface area contributed by atoms with Gasteiger partial charge in [-0.3, -0.25) is 10.1 Å². The molecule has 3 rings (SSSR count). The Bertz CT molecular complexity index is 703. The highest BCUT2D eigenvalue weighted by molar-refractivity contribution is 9.10. The molecule has 1 saturated heterocycles. The summed E-state index contributed by atoms with van der Waals surface area (Å²) in [6, 6.07) is 6.36. The van der Waals surface area contributed by atoms with Crippen molar-refractivity contribution in [3.05, 3.63) is 22.7 Å². The van der Waals surface area contributed by atoms with Crippen LogP contribution in [0.2, 0.25) is 0 Å². The number of hydrogen-bond donors (Lipinski definition) is 2. The van der Waals surface area contributed by atoms with Crippen molar-refractivity contribution in [1.29, 1.82) is 0 Å². The summed E-state index contributed by atoms with van der Waals surface area (Å²) in [4.78, 5) is 17.1. The lowest BCUT2D eigenvalue weighted by Crippen LogP contribution is -2.40. The number of carbonyl (C=O) groups excluding carboxylic acids is 1. The van der Waals surface area contributed by atoms with Crippen LogP contribution in [-0.4, -0.2) is 28.0 Å². The maximum Gasteiger partial charge on any atom is 0.229 e. The molecule has 0 saturated carbocycles. The molecular formula is C16H22BrClN4O. The summed E-state index contributed by atoms with van der Waals surface area (Å²) in [6.45, 7) is 5.85. The van der Waals surface area contributed by atoms with Crippen molar-refractivity contribution >= 4 is 51.2 Å². The summed E-state index contributed by atoms with van der Waals surface area (Å²) < 4.78 is 3.06. The van der Waals surface area contributed by atoms with E-state index in [-0.39, 0.29) is 24.2 Å². The van der Waals surface area contributed by atoms with Gasteiger partial charge in [0.2, 0.25) is 11.9 Å². The van der Waals surface area contributed by atoms with Gasteiger partial charge in [0.05, 0.1) is 11.0 Å². The minimum atomic E-state index is 0. The largest absolute Gasteiger partial charge is 0.314 e. The number of nitrogens with zero attached hydrogens (tertiary/aromatic N) is 2. The van der Waals surface area contributed by atoms with E-state index in [1.807, 2.05) is 22.8 Å². The Kier molecular flexibility index (Phi) is 6.06. The molecule has 2 atom stereocenters. The van der Waals surface area contributed by atoms with E-state index < -0.39 is 0 Å². The van der Waals surface area contributed by atoms with E-state index in [1.54, 1.807) is 0 Å². The highest BCUT2D eigenvalue weighted by Crippen LogP contribution is 2.25. The second-order valence-electron chi connectivity index (χ2n) is 5.88. The topological polar surface area (TPSA) is 59.0 Å². The zero-order valence-corrected chi connectivity index (χ0v) is 15.7. The molecule has 0 radical (unpaired) electrons. The molecule has 0 bridgehead atoms. The van der Waals surface area contributed by atoms with E-state index >= 15 is 0 Å². The molecule has 1 fully saturated rings. The van der Waals surface area contributed by atoms with E-state index in [9.17, 15) is 4.79 Å². The Balaban J connectivity index is 0.00000192. The second kappa shape index (κ2) is 7.64. The van der Waals surface area contributed by atoms with Gasteiger partial charge in [0, 0.05) is 23.0 Å². The van der Waals surface area contributed by atoms with Gasteiger partial charge in [0.25, 0.3) is 0 Å². The Labute approximate surface area is 150 Å². The molecule has 2 aromatic rings. The van der Waals surface area contributed by atoms with Gasteiger partial charge < -0.3 is 9.88 Å². The lowest BCUT2D eigenvalue weighted by molar-refractivity contribution is -0.120. The molecular weight excluding hydrogens is 380 g/mol. The quantitative estimate of drug-likeness (QED) is 0.826. The van der Waals surface area contributed by atoms with Gasteiger partial charge in [-0.1, -0.05) is 15.9 Å². The van der Waals surface area contributed by atoms with Crippen molar-refractivity contribution in [1.82, 2.24) is 14.9 Å².